The molecule has 3 rings (SSSR count). The van der Waals surface area contributed by atoms with Crippen LogP contribution >= 0.6 is 0 Å². The fraction of sp³-hybridized carbons (Fsp3) is 0.0625. The molecule has 0 N–H and O–H groups in total. The summed E-state index contributed by atoms with van der Waals surface area (Å²) in [6.45, 7) is 1.89. The Morgan fingerprint density at radius 3 is 2.53 bits per heavy atom. The van der Waals surface area contributed by atoms with Crippen LogP contribution in [0.15, 0.2) is 54.7 Å². The molecule has 3 heteroatoms. The van der Waals surface area contributed by atoms with Crippen molar-refractivity contribution in [1.29, 1.82) is 0 Å². The largest absolute Gasteiger partial charge is 0.289 e. The predicted molar refractivity (Wildman–Crippen MR) is 74.1 cm³/mol. The maximum absolute atomic E-state index is 12.3. The second-order valence-corrected chi connectivity index (χ2v) is 4.41. The molecule has 0 atom stereocenters. The lowest BCUT2D eigenvalue weighted by molar-refractivity contribution is 0.103. The molecule has 2 aromatic carbocycles. The van der Waals surface area contributed by atoms with E-state index in [4.69, 9.17) is 0 Å². The first-order valence-electron chi connectivity index (χ1n) is 6.07. The molecular weight excluding hydrogens is 236 g/mol. The van der Waals surface area contributed by atoms with E-state index in [0.29, 0.717) is 11.1 Å². The van der Waals surface area contributed by atoms with Gasteiger partial charge in [0, 0.05) is 17.3 Å². The fourth-order valence-electron chi connectivity index (χ4n) is 2.00. The Kier molecular flexibility index (Phi) is 2.80. The molecule has 0 aliphatic carbocycles. The number of aryl methyl sites for hydroxylation is 1. The molecular formula is C16H12N2O. The van der Waals surface area contributed by atoms with Gasteiger partial charge in [-0.05, 0) is 25.1 Å². The van der Waals surface area contributed by atoms with Crippen LogP contribution in [0.1, 0.15) is 21.6 Å². The van der Waals surface area contributed by atoms with Crippen LogP contribution in [0.4, 0.5) is 0 Å². The number of hydrogen-bond donors (Lipinski definition) is 0. The number of benzene rings is 2. The van der Waals surface area contributed by atoms with Gasteiger partial charge in [-0.25, -0.2) is 4.98 Å². The minimum Gasteiger partial charge on any atom is -0.289 e. The van der Waals surface area contributed by atoms with Gasteiger partial charge >= 0.3 is 0 Å². The summed E-state index contributed by atoms with van der Waals surface area (Å²) < 4.78 is 0. The van der Waals surface area contributed by atoms with Crippen LogP contribution in [0.2, 0.25) is 0 Å². The van der Waals surface area contributed by atoms with E-state index in [2.05, 4.69) is 9.97 Å². The number of rotatable bonds is 2. The Labute approximate surface area is 111 Å². The van der Waals surface area contributed by atoms with Crippen LogP contribution in [-0.4, -0.2) is 15.8 Å². The van der Waals surface area contributed by atoms with E-state index in [9.17, 15) is 4.79 Å². The molecule has 3 aromatic rings. The van der Waals surface area contributed by atoms with Gasteiger partial charge in [0.2, 0.25) is 0 Å². The van der Waals surface area contributed by atoms with Crippen LogP contribution < -0.4 is 0 Å². The number of carbonyl (C=O) groups excluding carboxylic acids is 1. The van der Waals surface area contributed by atoms with Gasteiger partial charge < -0.3 is 0 Å². The van der Waals surface area contributed by atoms with E-state index in [1.165, 1.54) is 0 Å². The molecule has 0 spiro atoms. The van der Waals surface area contributed by atoms with Gasteiger partial charge in [0.15, 0.2) is 5.78 Å². The standard InChI is InChI=1S/C16H12N2O/c1-11-10-17-14-8-7-13(9-15(14)18-11)16(19)12-5-3-2-4-6-12/h2-10H,1H3. The summed E-state index contributed by atoms with van der Waals surface area (Å²) in [5.74, 6) is 0.00538. The average molecular weight is 248 g/mol. The van der Waals surface area contributed by atoms with Crippen molar-refractivity contribution in [1.82, 2.24) is 9.97 Å². The molecule has 0 saturated carbocycles. The molecule has 0 amide bonds. The highest BCUT2D eigenvalue weighted by Gasteiger charge is 2.09. The van der Waals surface area contributed by atoms with Gasteiger partial charge in [-0.3, -0.25) is 9.78 Å². The third kappa shape index (κ3) is 2.22. The molecule has 0 fully saturated rings. The molecule has 0 saturated heterocycles. The zero-order valence-corrected chi connectivity index (χ0v) is 10.5. The lowest BCUT2D eigenvalue weighted by Gasteiger charge is -2.03. The smallest absolute Gasteiger partial charge is 0.193 e. The van der Waals surface area contributed by atoms with E-state index in [1.54, 1.807) is 18.3 Å². The maximum Gasteiger partial charge on any atom is 0.193 e. The summed E-state index contributed by atoms with van der Waals surface area (Å²) in [5, 5.41) is 0. The van der Waals surface area contributed by atoms with Gasteiger partial charge in [-0.2, -0.15) is 0 Å². The van der Waals surface area contributed by atoms with Crippen molar-refractivity contribution in [3.05, 3.63) is 71.5 Å². The molecule has 92 valence electrons. The van der Waals surface area contributed by atoms with Crippen molar-refractivity contribution in [3.8, 4) is 0 Å². The van der Waals surface area contributed by atoms with Gasteiger partial charge in [0.25, 0.3) is 0 Å². The van der Waals surface area contributed by atoms with Crippen LogP contribution in [-0.2, 0) is 0 Å². The number of hydrogen-bond acceptors (Lipinski definition) is 3. The van der Waals surface area contributed by atoms with Gasteiger partial charge in [0.1, 0.15) is 0 Å². The number of aromatic nitrogens is 2. The molecule has 0 radical (unpaired) electrons. The van der Waals surface area contributed by atoms with Gasteiger partial charge in [-0.15, -0.1) is 0 Å². The summed E-state index contributed by atoms with van der Waals surface area (Å²) in [5.41, 5.74) is 3.72. The third-order valence-electron chi connectivity index (χ3n) is 2.96. The number of fused-ring (bicyclic) bond motifs is 1. The number of ketones is 1. The third-order valence-corrected chi connectivity index (χ3v) is 2.96. The number of nitrogens with zero attached hydrogens (tertiary/aromatic N) is 2. The van der Waals surface area contributed by atoms with Crippen molar-refractivity contribution in [2.75, 3.05) is 0 Å². The van der Waals surface area contributed by atoms with E-state index >= 15 is 0 Å². The summed E-state index contributed by atoms with van der Waals surface area (Å²) in [7, 11) is 0. The summed E-state index contributed by atoms with van der Waals surface area (Å²) >= 11 is 0. The first-order chi connectivity index (χ1) is 9.24. The topological polar surface area (TPSA) is 42.9 Å². The minimum atomic E-state index is 0.00538. The van der Waals surface area contributed by atoms with Gasteiger partial charge in [-0.1, -0.05) is 30.3 Å². The second-order valence-electron chi connectivity index (χ2n) is 4.41. The van der Waals surface area contributed by atoms with Crippen molar-refractivity contribution in [2.45, 2.75) is 6.92 Å². The molecule has 1 aromatic heterocycles. The van der Waals surface area contributed by atoms with Crippen molar-refractivity contribution >= 4 is 16.8 Å². The molecule has 0 unspecified atom stereocenters. The highest BCUT2D eigenvalue weighted by atomic mass is 16.1. The van der Waals surface area contributed by atoms with Crippen LogP contribution in [0, 0.1) is 6.92 Å². The summed E-state index contributed by atoms with van der Waals surface area (Å²) in [6.07, 6.45) is 1.72. The molecule has 1 heterocycles. The lowest BCUT2D eigenvalue weighted by Crippen LogP contribution is -2.01. The molecule has 0 bridgehead atoms. The molecule has 3 nitrogen and oxygen atoms in total. The zero-order valence-electron chi connectivity index (χ0n) is 10.5. The molecule has 0 aliphatic rings. The summed E-state index contributed by atoms with van der Waals surface area (Å²) in [6, 6.07) is 14.7. The lowest BCUT2D eigenvalue weighted by atomic mass is 10.0. The normalized spacial score (nSPS) is 10.6. The monoisotopic (exact) mass is 248 g/mol. The first-order valence-corrected chi connectivity index (χ1v) is 6.07. The van der Waals surface area contributed by atoms with Crippen molar-refractivity contribution in [3.63, 3.8) is 0 Å². The Balaban J connectivity index is 2.08. The van der Waals surface area contributed by atoms with Crippen LogP contribution in [0.25, 0.3) is 11.0 Å². The van der Waals surface area contributed by atoms with E-state index in [1.807, 2.05) is 43.3 Å². The van der Waals surface area contributed by atoms with Crippen LogP contribution in [0.5, 0.6) is 0 Å². The average Bonchev–Trinajstić information content (AvgIpc) is 2.46. The quantitative estimate of drug-likeness (QED) is 0.654. The zero-order chi connectivity index (χ0) is 13.2. The van der Waals surface area contributed by atoms with E-state index in [-0.39, 0.29) is 5.78 Å². The summed E-state index contributed by atoms with van der Waals surface area (Å²) in [4.78, 5) is 21.0. The van der Waals surface area contributed by atoms with Crippen molar-refractivity contribution in [2.24, 2.45) is 0 Å². The highest BCUT2D eigenvalue weighted by molar-refractivity contribution is 6.10. The SMILES string of the molecule is Cc1cnc2ccc(C(=O)c3ccccc3)cc2n1. The maximum atomic E-state index is 12.3. The minimum absolute atomic E-state index is 0.00538. The number of carbonyl (C=O) groups is 1. The Bertz CT molecular complexity index is 751. The highest BCUT2D eigenvalue weighted by Crippen LogP contribution is 2.15. The van der Waals surface area contributed by atoms with Crippen LogP contribution in [0.3, 0.4) is 0 Å². The second kappa shape index (κ2) is 4.61. The first kappa shape index (κ1) is 11.5. The fourth-order valence-corrected chi connectivity index (χ4v) is 2.00. The van der Waals surface area contributed by atoms with Gasteiger partial charge in [0.05, 0.1) is 16.7 Å². The van der Waals surface area contributed by atoms with E-state index in [0.717, 1.165) is 16.7 Å². The van der Waals surface area contributed by atoms with Crippen molar-refractivity contribution < 1.29 is 4.79 Å². The Morgan fingerprint density at radius 1 is 0.947 bits per heavy atom. The molecule has 0 aliphatic heterocycles. The predicted octanol–water partition coefficient (Wildman–Crippen LogP) is 3.17. The van der Waals surface area contributed by atoms with E-state index < -0.39 is 0 Å². The Morgan fingerprint density at radius 2 is 1.74 bits per heavy atom. The molecule has 19 heavy (non-hydrogen) atoms. The Hall–Kier alpha value is -2.55.